The Bertz CT molecular complexity index is 790. The Morgan fingerprint density at radius 2 is 1.73 bits per heavy atom. The first-order valence-corrected chi connectivity index (χ1v) is 8.33. The SMILES string of the molecule is COc1ccc([C@H]2C[C@@](OC(C)=O)(C(C)=O)ON2c2ccccc2)cc1. The number of nitrogens with zero attached hydrogens (tertiary/aromatic N) is 1. The highest BCUT2D eigenvalue weighted by atomic mass is 16.8. The highest BCUT2D eigenvalue weighted by Crippen LogP contribution is 2.44. The van der Waals surface area contributed by atoms with Gasteiger partial charge in [-0.2, -0.15) is 0 Å². The summed E-state index contributed by atoms with van der Waals surface area (Å²) in [4.78, 5) is 29.8. The molecule has 1 fully saturated rings. The van der Waals surface area contributed by atoms with E-state index in [-0.39, 0.29) is 18.2 Å². The normalized spacial score (nSPS) is 22.1. The Kier molecular flexibility index (Phi) is 4.95. The van der Waals surface area contributed by atoms with Crippen LogP contribution in [0.5, 0.6) is 5.75 Å². The lowest BCUT2D eigenvalue weighted by Gasteiger charge is -2.27. The van der Waals surface area contributed by atoms with Crippen LogP contribution in [0.4, 0.5) is 5.69 Å². The summed E-state index contributed by atoms with van der Waals surface area (Å²) in [6.07, 6.45) is 0.198. The molecule has 6 heteroatoms. The van der Waals surface area contributed by atoms with Crippen LogP contribution in [0.25, 0.3) is 0 Å². The molecule has 2 aromatic rings. The van der Waals surface area contributed by atoms with Crippen molar-refractivity contribution >= 4 is 17.4 Å². The molecule has 6 nitrogen and oxygen atoms in total. The van der Waals surface area contributed by atoms with Gasteiger partial charge in [0.2, 0.25) is 5.78 Å². The van der Waals surface area contributed by atoms with Crippen molar-refractivity contribution in [3.63, 3.8) is 0 Å². The molecule has 0 spiro atoms. The van der Waals surface area contributed by atoms with E-state index in [4.69, 9.17) is 14.3 Å². The van der Waals surface area contributed by atoms with Gasteiger partial charge in [-0.1, -0.05) is 30.3 Å². The number of esters is 1. The molecule has 0 bridgehead atoms. The molecule has 2 atom stereocenters. The zero-order valence-electron chi connectivity index (χ0n) is 15.0. The number of ether oxygens (including phenoxy) is 2. The first-order chi connectivity index (χ1) is 12.4. The highest BCUT2D eigenvalue weighted by molar-refractivity contribution is 5.86. The van der Waals surface area contributed by atoms with E-state index in [1.54, 1.807) is 12.2 Å². The molecule has 26 heavy (non-hydrogen) atoms. The van der Waals surface area contributed by atoms with Crippen molar-refractivity contribution in [3.8, 4) is 5.75 Å². The Morgan fingerprint density at radius 1 is 1.08 bits per heavy atom. The zero-order chi connectivity index (χ0) is 18.7. The van der Waals surface area contributed by atoms with Crippen LogP contribution in [0.3, 0.4) is 0 Å². The molecule has 2 aromatic carbocycles. The third kappa shape index (κ3) is 3.41. The number of rotatable bonds is 5. The van der Waals surface area contributed by atoms with Crippen molar-refractivity contribution in [3.05, 3.63) is 60.2 Å². The molecule has 136 valence electrons. The van der Waals surface area contributed by atoms with E-state index in [2.05, 4.69) is 0 Å². The standard InChI is InChI=1S/C20H21NO5/c1-14(22)20(25-15(2)23)13-19(16-9-11-18(24-3)12-10-16)21(26-20)17-7-5-4-6-8-17/h4-12,19H,13H2,1-3H3/t19-,20+/m1/s1. The summed E-state index contributed by atoms with van der Waals surface area (Å²) in [6.45, 7) is 2.63. The van der Waals surface area contributed by atoms with Crippen LogP contribution in [0, 0.1) is 0 Å². The molecule has 0 saturated carbocycles. The number of hydrogen-bond acceptors (Lipinski definition) is 6. The first-order valence-electron chi connectivity index (χ1n) is 8.33. The van der Waals surface area contributed by atoms with E-state index in [1.165, 1.54) is 13.8 Å². The van der Waals surface area contributed by atoms with Crippen molar-refractivity contribution in [2.45, 2.75) is 32.1 Å². The zero-order valence-corrected chi connectivity index (χ0v) is 15.0. The maximum Gasteiger partial charge on any atom is 0.305 e. The van der Waals surface area contributed by atoms with E-state index < -0.39 is 11.8 Å². The number of ketones is 1. The van der Waals surface area contributed by atoms with Gasteiger partial charge in [0, 0.05) is 13.8 Å². The third-order valence-corrected chi connectivity index (χ3v) is 4.35. The number of hydrogen-bond donors (Lipinski definition) is 0. The molecule has 1 heterocycles. The number of hydroxylamine groups is 1. The Balaban J connectivity index is 2.02. The molecule has 0 radical (unpaired) electrons. The van der Waals surface area contributed by atoms with E-state index in [0.29, 0.717) is 0 Å². The smallest absolute Gasteiger partial charge is 0.305 e. The minimum absolute atomic E-state index is 0.198. The van der Waals surface area contributed by atoms with Gasteiger partial charge in [0.15, 0.2) is 0 Å². The summed E-state index contributed by atoms with van der Waals surface area (Å²) >= 11 is 0. The maximum absolute atomic E-state index is 12.3. The van der Waals surface area contributed by atoms with E-state index in [1.807, 2.05) is 54.6 Å². The minimum atomic E-state index is -1.63. The number of carbonyl (C=O) groups excluding carboxylic acids is 2. The molecule has 0 aliphatic carbocycles. The van der Waals surface area contributed by atoms with Crippen LogP contribution in [0.2, 0.25) is 0 Å². The average molecular weight is 355 g/mol. The molecule has 1 aliphatic rings. The molecule has 1 aliphatic heterocycles. The van der Waals surface area contributed by atoms with Crippen LogP contribution < -0.4 is 9.80 Å². The summed E-state index contributed by atoms with van der Waals surface area (Å²) in [7, 11) is 1.60. The summed E-state index contributed by atoms with van der Waals surface area (Å²) in [5, 5.41) is 1.63. The predicted molar refractivity (Wildman–Crippen MR) is 95.5 cm³/mol. The predicted octanol–water partition coefficient (Wildman–Crippen LogP) is 3.43. The van der Waals surface area contributed by atoms with Gasteiger partial charge in [-0.05, 0) is 29.8 Å². The average Bonchev–Trinajstić information content (AvgIpc) is 3.03. The van der Waals surface area contributed by atoms with Crippen LogP contribution in [0.1, 0.15) is 31.9 Å². The van der Waals surface area contributed by atoms with Crippen molar-refractivity contribution in [1.82, 2.24) is 0 Å². The third-order valence-electron chi connectivity index (χ3n) is 4.35. The quantitative estimate of drug-likeness (QED) is 0.766. The molecule has 0 aromatic heterocycles. The fourth-order valence-corrected chi connectivity index (χ4v) is 3.06. The molecule has 1 saturated heterocycles. The fourth-order valence-electron chi connectivity index (χ4n) is 3.06. The van der Waals surface area contributed by atoms with Crippen molar-refractivity contribution in [2.75, 3.05) is 12.2 Å². The summed E-state index contributed by atoms with van der Waals surface area (Å²) < 4.78 is 10.5. The molecule has 0 unspecified atom stereocenters. The Morgan fingerprint density at radius 3 is 2.27 bits per heavy atom. The van der Waals surface area contributed by atoms with Gasteiger partial charge in [-0.3, -0.25) is 9.59 Å². The lowest BCUT2D eigenvalue weighted by Crippen LogP contribution is -2.42. The molecule has 3 rings (SSSR count). The van der Waals surface area contributed by atoms with Gasteiger partial charge < -0.3 is 9.47 Å². The summed E-state index contributed by atoms with van der Waals surface area (Å²) in [6, 6.07) is 16.6. The minimum Gasteiger partial charge on any atom is -0.497 e. The van der Waals surface area contributed by atoms with Gasteiger partial charge in [0.25, 0.3) is 5.79 Å². The second kappa shape index (κ2) is 7.17. The van der Waals surface area contributed by atoms with E-state index in [9.17, 15) is 9.59 Å². The van der Waals surface area contributed by atoms with Gasteiger partial charge in [0.05, 0.1) is 25.3 Å². The first kappa shape index (κ1) is 17.9. The second-order valence-corrected chi connectivity index (χ2v) is 6.15. The van der Waals surface area contributed by atoms with Gasteiger partial charge in [-0.15, -0.1) is 0 Å². The van der Waals surface area contributed by atoms with Crippen molar-refractivity contribution < 1.29 is 23.9 Å². The highest BCUT2D eigenvalue weighted by Gasteiger charge is 2.53. The Labute approximate surface area is 152 Å². The number of methoxy groups -OCH3 is 1. The van der Waals surface area contributed by atoms with Gasteiger partial charge >= 0.3 is 5.97 Å². The second-order valence-electron chi connectivity index (χ2n) is 6.15. The van der Waals surface area contributed by atoms with E-state index in [0.717, 1.165) is 17.0 Å². The number of benzene rings is 2. The number of anilines is 1. The van der Waals surface area contributed by atoms with Crippen molar-refractivity contribution in [2.24, 2.45) is 0 Å². The lowest BCUT2D eigenvalue weighted by molar-refractivity contribution is -0.213. The van der Waals surface area contributed by atoms with Crippen LogP contribution in [-0.4, -0.2) is 24.6 Å². The lowest BCUT2D eigenvalue weighted by atomic mass is 9.97. The summed E-state index contributed by atoms with van der Waals surface area (Å²) in [5.74, 6) is -1.82. The van der Waals surface area contributed by atoms with Gasteiger partial charge in [0.1, 0.15) is 5.75 Å². The fraction of sp³-hybridized carbons (Fsp3) is 0.300. The molecule has 0 N–H and O–H groups in total. The topological polar surface area (TPSA) is 65.1 Å². The van der Waals surface area contributed by atoms with Crippen molar-refractivity contribution in [1.29, 1.82) is 0 Å². The van der Waals surface area contributed by atoms with E-state index >= 15 is 0 Å². The molecular formula is C20H21NO5. The van der Waals surface area contributed by atoms with Gasteiger partial charge in [-0.25, -0.2) is 9.90 Å². The van der Waals surface area contributed by atoms with Crippen LogP contribution >= 0.6 is 0 Å². The van der Waals surface area contributed by atoms with Crippen LogP contribution in [0.15, 0.2) is 54.6 Å². The molecular weight excluding hydrogens is 334 g/mol. The Hall–Kier alpha value is -2.86. The maximum atomic E-state index is 12.3. The monoisotopic (exact) mass is 355 g/mol. The largest absolute Gasteiger partial charge is 0.497 e. The van der Waals surface area contributed by atoms with Crippen LogP contribution in [-0.2, 0) is 19.2 Å². The number of Topliss-reactive ketones (excluding diaryl/α,β-unsaturated/α-hetero) is 1. The summed E-state index contributed by atoms with van der Waals surface area (Å²) in [5.41, 5.74) is 1.69. The number of carbonyl (C=O) groups is 2. The molecule has 0 amide bonds. The number of para-hydroxylation sites is 1.